The Morgan fingerprint density at radius 1 is 0.743 bits per heavy atom. The summed E-state index contributed by atoms with van der Waals surface area (Å²) in [7, 11) is 0. The number of rotatable bonds is 7. The average molecular weight is 544 g/mol. The van der Waals surface area contributed by atoms with E-state index in [0.29, 0.717) is 39.8 Å². The quantitative estimate of drug-likeness (QED) is 0.204. The van der Waals surface area contributed by atoms with Crippen molar-refractivity contribution in [1.29, 1.82) is 0 Å². The van der Waals surface area contributed by atoms with Crippen molar-refractivity contribution < 1.29 is 9.90 Å². The van der Waals surface area contributed by atoms with Gasteiger partial charge in [0.25, 0.3) is 0 Å². The second-order valence-electron chi connectivity index (χ2n) is 7.72. The fourth-order valence-electron chi connectivity index (χ4n) is 3.45. The molecule has 8 heteroatoms. The zero-order chi connectivity index (χ0) is 24.8. The van der Waals surface area contributed by atoms with Crippen molar-refractivity contribution in [3.05, 3.63) is 111 Å². The number of urea groups is 1. The number of hydrogen-bond donors (Lipinski definition) is 3. The van der Waals surface area contributed by atoms with Gasteiger partial charge >= 0.3 is 6.03 Å². The Labute approximate surface area is 223 Å². The molecule has 0 aromatic heterocycles. The van der Waals surface area contributed by atoms with E-state index in [9.17, 15) is 9.90 Å². The zero-order valence-electron chi connectivity index (χ0n) is 18.4. The molecule has 0 fully saturated rings. The van der Waals surface area contributed by atoms with Crippen LogP contribution in [-0.2, 0) is 12.8 Å². The standard InChI is InChI=1S/C27H21Cl3N2O2S/c28-19-7-11-21(12-8-19)31-27(34)32-22-15-18(26(33)24(30)16-22)6-5-17-3-1-2-4-25(17)35-23-13-9-20(29)10-14-23/h1-4,7-16,33H,5-6H2,(H2,31,32,34). The Bertz CT molecular complexity index is 1330. The Kier molecular flexibility index (Phi) is 8.47. The lowest BCUT2D eigenvalue weighted by Gasteiger charge is -2.13. The summed E-state index contributed by atoms with van der Waals surface area (Å²) in [5.41, 5.74) is 2.87. The average Bonchev–Trinajstić information content (AvgIpc) is 2.84. The van der Waals surface area contributed by atoms with Gasteiger partial charge in [0.15, 0.2) is 0 Å². The number of benzene rings is 4. The summed E-state index contributed by atoms with van der Waals surface area (Å²) < 4.78 is 0. The molecule has 35 heavy (non-hydrogen) atoms. The van der Waals surface area contributed by atoms with E-state index in [1.807, 2.05) is 36.4 Å². The molecule has 0 aliphatic rings. The highest BCUT2D eigenvalue weighted by Crippen LogP contribution is 2.35. The number of halogens is 3. The smallest absolute Gasteiger partial charge is 0.323 e. The molecule has 0 bridgehead atoms. The fourth-order valence-corrected chi connectivity index (χ4v) is 4.92. The molecule has 178 valence electrons. The van der Waals surface area contributed by atoms with Gasteiger partial charge in [0.05, 0.1) is 5.02 Å². The Morgan fingerprint density at radius 3 is 2.06 bits per heavy atom. The molecule has 4 aromatic rings. The van der Waals surface area contributed by atoms with Crippen LogP contribution in [0.2, 0.25) is 15.1 Å². The minimum atomic E-state index is -0.426. The van der Waals surface area contributed by atoms with Crippen LogP contribution in [0.25, 0.3) is 0 Å². The first kappa shape index (κ1) is 25.3. The van der Waals surface area contributed by atoms with Crippen molar-refractivity contribution in [2.75, 3.05) is 10.6 Å². The predicted octanol–water partition coefficient (Wildman–Crippen LogP) is 8.93. The molecule has 0 spiro atoms. The third-order valence-electron chi connectivity index (χ3n) is 5.18. The van der Waals surface area contributed by atoms with Crippen LogP contribution in [0.15, 0.2) is 94.7 Å². The maximum atomic E-state index is 12.4. The van der Waals surface area contributed by atoms with Gasteiger partial charge in [-0.3, -0.25) is 0 Å². The number of carbonyl (C=O) groups excluding carboxylic acids is 1. The first-order chi connectivity index (χ1) is 16.9. The Morgan fingerprint density at radius 2 is 1.34 bits per heavy atom. The number of hydrogen-bond acceptors (Lipinski definition) is 3. The first-order valence-corrected chi connectivity index (χ1v) is 12.7. The van der Waals surface area contributed by atoms with Gasteiger partial charge in [0, 0.05) is 31.2 Å². The Hall–Kier alpha value is -2.83. The summed E-state index contributed by atoms with van der Waals surface area (Å²) in [5, 5.41) is 17.5. The highest BCUT2D eigenvalue weighted by atomic mass is 35.5. The van der Waals surface area contributed by atoms with Crippen molar-refractivity contribution in [2.24, 2.45) is 0 Å². The van der Waals surface area contributed by atoms with Gasteiger partial charge in [-0.25, -0.2) is 4.79 Å². The lowest BCUT2D eigenvalue weighted by molar-refractivity contribution is 0.262. The molecule has 4 nitrogen and oxygen atoms in total. The van der Waals surface area contributed by atoms with E-state index in [2.05, 4.69) is 22.8 Å². The molecule has 4 rings (SSSR count). The van der Waals surface area contributed by atoms with Gasteiger partial charge in [-0.05, 0) is 90.7 Å². The molecule has 0 atom stereocenters. The molecule has 2 amide bonds. The summed E-state index contributed by atoms with van der Waals surface area (Å²) >= 11 is 19.8. The van der Waals surface area contributed by atoms with E-state index in [4.69, 9.17) is 34.8 Å². The van der Waals surface area contributed by atoms with Crippen LogP contribution in [0, 0.1) is 0 Å². The van der Waals surface area contributed by atoms with Crippen molar-refractivity contribution >= 4 is 64.0 Å². The number of aryl methyl sites for hydroxylation is 2. The van der Waals surface area contributed by atoms with Gasteiger partial charge in [0.1, 0.15) is 5.75 Å². The van der Waals surface area contributed by atoms with Crippen LogP contribution in [-0.4, -0.2) is 11.1 Å². The molecule has 3 N–H and O–H groups in total. The van der Waals surface area contributed by atoms with E-state index in [-0.39, 0.29) is 10.8 Å². The molecular formula is C27H21Cl3N2O2S. The lowest BCUT2D eigenvalue weighted by Crippen LogP contribution is -2.19. The number of amides is 2. The lowest BCUT2D eigenvalue weighted by atomic mass is 10.0. The van der Waals surface area contributed by atoms with Gasteiger partial charge in [-0.15, -0.1) is 0 Å². The van der Waals surface area contributed by atoms with Crippen LogP contribution in [0.3, 0.4) is 0 Å². The van der Waals surface area contributed by atoms with Gasteiger partial charge < -0.3 is 15.7 Å². The van der Waals surface area contributed by atoms with E-state index in [1.165, 1.54) is 6.07 Å². The maximum Gasteiger partial charge on any atom is 0.323 e. The van der Waals surface area contributed by atoms with E-state index in [0.717, 1.165) is 15.4 Å². The minimum absolute atomic E-state index is 0.0122. The molecule has 0 radical (unpaired) electrons. The van der Waals surface area contributed by atoms with Crippen LogP contribution >= 0.6 is 46.6 Å². The molecule has 0 unspecified atom stereocenters. The second-order valence-corrected chi connectivity index (χ2v) is 10.1. The summed E-state index contributed by atoms with van der Waals surface area (Å²) in [5.74, 6) is 0.0122. The molecular weight excluding hydrogens is 523 g/mol. The highest BCUT2D eigenvalue weighted by molar-refractivity contribution is 7.99. The van der Waals surface area contributed by atoms with Crippen LogP contribution in [0.5, 0.6) is 5.75 Å². The second kappa shape index (κ2) is 11.7. The SMILES string of the molecule is O=C(Nc1ccc(Cl)cc1)Nc1cc(Cl)c(O)c(CCc2ccccc2Sc2ccc(Cl)cc2)c1. The molecule has 0 aliphatic carbocycles. The van der Waals surface area contributed by atoms with E-state index < -0.39 is 6.03 Å². The normalized spacial score (nSPS) is 10.7. The van der Waals surface area contributed by atoms with Crippen LogP contribution < -0.4 is 10.6 Å². The van der Waals surface area contributed by atoms with Gasteiger partial charge in [-0.2, -0.15) is 0 Å². The van der Waals surface area contributed by atoms with Crippen molar-refractivity contribution in [3.63, 3.8) is 0 Å². The Balaban J connectivity index is 1.45. The number of carbonyl (C=O) groups is 1. The fraction of sp³-hybridized carbons (Fsp3) is 0.0741. The molecule has 0 aliphatic heterocycles. The minimum Gasteiger partial charge on any atom is -0.506 e. The van der Waals surface area contributed by atoms with Gasteiger partial charge in [0.2, 0.25) is 0 Å². The van der Waals surface area contributed by atoms with Crippen LogP contribution in [0.4, 0.5) is 16.2 Å². The van der Waals surface area contributed by atoms with Crippen molar-refractivity contribution in [1.82, 2.24) is 0 Å². The van der Waals surface area contributed by atoms with Gasteiger partial charge in [-0.1, -0.05) is 64.8 Å². The maximum absolute atomic E-state index is 12.4. The van der Waals surface area contributed by atoms with Crippen LogP contribution in [0.1, 0.15) is 11.1 Å². The highest BCUT2D eigenvalue weighted by Gasteiger charge is 2.13. The number of aromatic hydroxyl groups is 1. The molecule has 4 aromatic carbocycles. The number of nitrogens with one attached hydrogen (secondary N) is 2. The topological polar surface area (TPSA) is 61.4 Å². The zero-order valence-corrected chi connectivity index (χ0v) is 21.5. The summed E-state index contributed by atoms with van der Waals surface area (Å²) in [6, 6.07) is 25.5. The number of anilines is 2. The molecule has 0 saturated heterocycles. The summed E-state index contributed by atoms with van der Waals surface area (Å²) in [6.07, 6.45) is 1.22. The third kappa shape index (κ3) is 7.09. The number of phenolic OH excluding ortho intramolecular Hbond substituents is 1. The molecule has 0 heterocycles. The summed E-state index contributed by atoms with van der Waals surface area (Å²) in [4.78, 5) is 14.6. The predicted molar refractivity (Wildman–Crippen MR) is 147 cm³/mol. The summed E-state index contributed by atoms with van der Waals surface area (Å²) in [6.45, 7) is 0. The monoisotopic (exact) mass is 542 g/mol. The van der Waals surface area contributed by atoms with E-state index >= 15 is 0 Å². The van der Waals surface area contributed by atoms with Crippen molar-refractivity contribution in [3.8, 4) is 5.75 Å². The largest absolute Gasteiger partial charge is 0.506 e. The first-order valence-electron chi connectivity index (χ1n) is 10.7. The third-order valence-corrected chi connectivity index (χ3v) is 7.10. The number of phenols is 1. The van der Waals surface area contributed by atoms with Crippen molar-refractivity contribution in [2.45, 2.75) is 22.6 Å². The molecule has 0 saturated carbocycles. The van der Waals surface area contributed by atoms with E-state index in [1.54, 1.807) is 42.1 Å².